The second-order valence-corrected chi connectivity index (χ2v) is 5.50. The Morgan fingerprint density at radius 2 is 2.45 bits per heavy atom. The number of aliphatic hydroxyl groups excluding tert-OH is 1. The van der Waals surface area contributed by atoms with Crippen molar-refractivity contribution >= 4 is 17.2 Å². The van der Waals surface area contributed by atoms with Gasteiger partial charge in [0.25, 0.3) is 0 Å². The fraction of sp³-hybridized carbons (Fsp3) is 0.429. The monoisotopic (exact) mass is 294 g/mol. The summed E-state index contributed by atoms with van der Waals surface area (Å²) in [7, 11) is 0. The molecule has 0 aliphatic rings. The second kappa shape index (κ2) is 7.21. The van der Waals surface area contributed by atoms with Gasteiger partial charge in [0.1, 0.15) is 0 Å². The molecular weight excluding hydrogens is 276 g/mol. The lowest BCUT2D eigenvalue weighted by molar-refractivity contribution is -0.120. The molecule has 0 radical (unpaired) electrons. The summed E-state index contributed by atoms with van der Waals surface area (Å²) in [6.07, 6.45) is 3.02. The van der Waals surface area contributed by atoms with E-state index in [9.17, 15) is 4.79 Å². The fourth-order valence-corrected chi connectivity index (χ4v) is 2.54. The van der Waals surface area contributed by atoms with Crippen molar-refractivity contribution in [3.8, 4) is 10.8 Å². The number of carbonyl (C=O) groups is 1. The molecule has 0 aliphatic carbocycles. The van der Waals surface area contributed by atoms with Crippen LogP contribution in [0.2, 0.25) is 0 Å². The van der Waals surface area contributed by atoms with Crippen LogP contribution in [0.3, 0.4) is 0 Å². The van der Waals surface area contributed by atoms with Gasteiger partial charge in [-0.15, -0.1) is 11.3 Å². The third-order valence-electron chi connectivity index (χ3n) is 2.75. The van der Waals surface area contributed by atoms with Crippen LogP contribution in [0.5, 0.6) is 0 Å². The van der Waals surface area contributed by atoms with Gasteiger partial charge in [0.15, 0.2) is 10.8 Å². The van der Waals surface area contributed by atoms with E-state index in [4.69, 9.17) is 9.52 Å². The van der Waals surface area contributed by atoms with Gasteiger partial charge in [-0.2, -0.15) is 0 Å². The number of hydrogen-bond donors (Lipinski definition) is 2. The standard InChI is InChI=1S/C14H18N2O3S/c1-10(17)4-2-6-15-13(18)8-11-9-20-14(16-11)12-5-3-7-19-12/h3,5,7,9-10,17H,2,4,6,8H2,1H3,(H,15,18). The number of amides is 1. The number of aliphatic hydroxyl groups is 1. The molecule has 2 heterocycles. The lowest BCUT2D eigenvalue weighted by atomic mass is 10.2. The Morgan fingerprint density at radius 1 is 1.60 bits per heavy atom. The summed E-state index contributed by atoms with van der Waals surface area (Å²) >= 11 is 1.46. The van der Waals surface area contributed by atoms with Crippen LogP contribution in [0, 0.1) is 0 Å². The molecule has 0 fully saturated rings. The quantitative estimate of drug-likeness (QED) is 0.768. The van der Waals surface area contributed by atoms with Crippen LogP contribution < -0.4 is 5.32 Å². The molecular formula is C14H18N2O3S. The Bertz CT molecular complexity index is 534. The number of nitrogens with one attached hydrogen (secondary N) is 1. The Hall–Kier alpha value is -1.66. The van der Waals surface area contributed by atoms with Crippen LogP contribution in [-0.4, -0.2) is 28.6 Å². The Kier molecular flexibility index (Phi) is 5.31. The molecule has 1 amide bonds. The third-order valence-corrected chi connectivity index (χ3v) is 3.65. The molecule has 0 saturated heterocycles. The molecule has 0 aliphatic heterocycles. The van der Waals surface area contributed by atoms with Gasteiger partial charge in [-0.25, -0.2) is 4.98 Å². The summed E-state index contributed by atoms with van der Waals surface area (Å²) in [5, 5.41) is 14.6. The van der Waals surface area contributed by atoms with Crippen LogP contribution in [-0.2, 0) is 11.2 Å². The van der Waals surface area contributed by atoms with Gasteiger partial charge in [-0.05, 0) is 31.9 Å². The number of thiazole rings is 1. The summed E-state index contributed by atoms with van der Waals surface area (Å²) < 4.78 is 5.26. The molecule has 0 saturated carbocycles. The number of hydrogen-bond acceptors (Lipinski definition) is 5. The van der Waals surface area contributed by atoms with Gasteiger partial charge in [-0.3, -0.25) is 4.79 Å². The zero-order valence-electron chi connectivity index (χ0n) is 11.3. The zero-order valence-corrected chi connectivity index (χ0v) is 12.2. The number of rotatable bonds is 7. The first-order valence-electron chi connectivity index (χ1n) is 6.58. The first-order chi connectivity index (χ1) is 9.65. The first-order valence-corrected chi connectivity index (χ1v) is 7.46. The van der Waals surface area contributed by atoms with Crippen molar-refractivity contribution in [2.75, 3.05) is 6.54 Å². The van der Waals surface area contributed by atoms with Gasteiger partial charge in [0.05, 0.1) is 24.5 Å². The molecule has 1 atom stereocenters. The summed E-state index contributed by atoms with van der Waals surface area (Å²) in [5.74, 6) is 0.672. The minimum atomic E-state index is -0.318. The molecule has 6 heteroatoms. The normalized spacial score (nSPS) is 12.3. The van der Waals surface area contributed by atoms with Crippen molar-refractivity contribution < 1.29 is 14.3 Å². The SMILES string of the molecule is CC(O)CCCNC(=O)Cc1csc(-c2ccco2)n1. The van der Waals surface area contributed by atoms with Crippen molar-refractivity contribution in [2.45, 2.75) is 32.3 Å². The van der Waals surface area contributed by atoms with E-state index in [1.165, 1.54) is 11.3 Å². The molecule has 2 aromatic heterocycles. The molecule has 0 aromatic carbocycles. The predicted octanol–water partition coefficient (Wildman–Crippen LogP) is 2.22. The maximum Gasteiger partial charge on any atom is 0.226 e. The van der Waals surface area contributed by atoms with E-state index in [0.29, 0.717) is 13.0 Å². The zero-order chi connectivity index (χ0) is 14.4. The van der Waals surface area contributed by atoms with Gasteiger partial charge in [0, 0.05) is 11.9 Å². The number of furan rings is 1. The first kappa shape index (κ1) is 14.7. The van der Waals surface area contributed by atoms with E-state index in [1.807, 2.05) is 17.5 Å². The highest BCUT2D eigenvalue weighted by molar-refractivity contribution is 7.13. The smallest absolute Gasteiger partial charge is 0.226 e. The van der Waals surface area contributed by atoms with E-state index in [-0.39, 0.29) is 18.4 Å². The maximum absolute atomic E-state index is 11.7. The van der Waals surface area contributed by atoms with Crippen LogP contribution in [0.1, 0.15) is 25.5 Å². The van der Waals surface area contributed by atoms with E-state index in [1.54, 1.807) is 13.2 Å². The maximum atomic E-state index is 11.7. The summed E-state index contributed by atoms with van der Waals surface area (Å²) in [6, 6.07) is 3.66. The summed E-state index contributed by atoms with van der Waals surface area (Å²) in [6.45, 7) is 2.33. The Balaban J connectivity index is 1.77. The van der Waals surface area contributed by atoms with Crippen molar-refractivity contribution in [3.63, 3.8) is 0 Å². The topological polar surface area (TPSA) is 75.4 Å². The highest BCUT2D eigenvalue weighted by Crippen LogP contribution is 2.23. The third kappa shape index (κ3) is 4.47. The summed E-state index contributed by atoms with van der Waals surface area (Å²) in [4.78, 5) is 16.1. The molecule has 2 aromatic rings. The van der Waals surface area contributed by atoms with Crippen LogP contribution in [0.25, 0.3) is 10.8 Å². The Labute approximate surface area is 121 Å². The van der Waals surface area contributed by atoms with Crippen molar-refractivity contribution in [1.82, 2.24) is 10.3 Å². The van der Waals surface area contributed by atoms with Crippen LogP contribution >= 0.6 is 11.3 Å². The molecule has 5 nitrogen and oxygen atoms in total. The minimum absolute atomic E-state index is 0.0492. The largest absolute Gasteiger partial charge is 0.462 e. The van der Waals surface area contributed by atoms with Crippen molar-refractivity contribution in [3.05, 3.63) is 29.5 Å². The van der Waals surface area contributed by atoms with E-state index in [2.05, 4.69) is 10.3 Å². The van der Waals surface area contributed by atoms with Crippen molar-refractivity contribution in [2.24, 2.45) is 0 Å². The van der Waals surface area contributed by atoms with Gasteiger partial charge >= 0.3 is 0 Å². The van der Waals surface area contributed by atoms with Gasteiger partial charge < -0.3 is 14.8 Å². The molecule has 2 N–H and O–H groups in total. The van der Waals surface area contributed by atoms with Gasteiger partial charge in [0.2, 0.25) is 5.91 Å². The van der Waals surface area contributed by atoms with Gasteiger partial charge in [-0.1, -0.05) is 0 Å². The second-order valence-electron chi connectivity index (χ2n) is 4.64. The average molecular weight is 294 g/mol. The van der Waals surface area contributed by atoms with E-state index < -0.39 is 0 Å². The van der Waals surface area contributed by atoms with E-state index >= 15 is 0 Å². The minimum Gasteiger partial charge on any atom is -0.462 e. The fourth-order valence-electron chi connectivity index (χ4n) is 1.75. The van der Waals surface area contributed by atoms with E-state index in [0.717, 1.165) is 22.9 Å². The lowest BCUT2D eigenvalue weighted by Gasteiger charge is -2.05. The molecule has 20 heavy (non-hydrogen) atoms. The van der Waals surface area contributed by atoms with Crippen LogP contribution in [0.4, 0.5) is 0 Å². The lowest BCUT2D eigenvalue weighted by Crippen LogP contribution is -2.26. The number of nitrogens with zero attached hydrogens (tertiary/aromatic N) is 1. The average Bonchev–Trinajstić information content (AvgIpc) is 3.04. The number of aromatic nitrogens is 1. The predicted molar refractivity (Wildman–Crippen MR) is 77.4 cm³/mol. The molecule has 0 spiro atoms. The Morgan fingerprint density at radius 3 is 3.15 bits per heavy atom. The molecule has 0 bridgehead atoms. The van der Waals surface area contributed by atoms with Crippen LogP contribution in [0.15, 0.2) is 28.2 Å². The molecule has 1 unspecified atom stereocenters. The summed E-state index contributed by atoms with van der Waals surface area (Å²) in [5.41, 5.74) is 0.745. The molecule has 108 valence electrons. The highest BCUT2D eigenvalue weighted by atomic mass is 32.1. The number of carbonyl (C=O) groups excluding carboxylic acids is 1. The molecule has 2 rings (SSSR count). The van der Waals surface area contributed by atoms with Crippen molar-refractivity contribution in [1.29, 1.82) is 0 Å². The highest BCUT2D eigenvalue weighted by Gasteiger charge is 2.10.